The average molecular weight is 454 g/mol. The predicted molar refractivity (Wildman–Crippen MR) is 118 cm³/mol. The molecule has 1 heterocycles. The monoisotopic (exact) mass is 453 g/mol. The Balaban J connectivity index is 1.60. The van der Waals surface area contributed by atoms with E-state index in [1.54, 1.807) is 48.5 Å². The molecule has 0 saturated carbocycles. The Hall–Kier alpha value is -3.71. The van der Waals surface area contributed by atoms with E-state index in [1.807, 2.05) is 0 Å². The molecule has 162 valence electrons. The summed E-state index contributed by atoms with van der Waals surface area (Å²) in [5.74, 6) is -1.17. The number of amides is 1. The van der Waals surface area contributed by atoms with Gasteiger partial charge in [-0.3, -0.25) is 9.48 Å². The highest BCUT2D eigenvalue weighted by Gasteiger charge is 2.19. The lowest BCUT2D eigenvalue weighted by Crippen LogP contribution is -2.13. The van der Waals surface area contributed by atoms with Gasteiger partial charge in [0, 0.05) is 6.20 Å². The van der Waals surface area contributed by atoms with Crippen LogP contribution >= 0.6 is 11.6 Å². The van der Waals surface area contributed by atoms with Gasteiger partial charge in [-0.2, -0.15) is 0 Å². The Morgan fingerprint density at radius 1 is 0.969 bits per heavy atom. The van der Waals surface area contributed by atoms with Gasteiger partial charge in [0.2, 0.25) is 5.88 Å². The van der Waals surface area contributed by atoms with E-state index >= 15 is 0 Å². The van der Waals surface area contributed by atoms with Gasteiger partial charge in [0.05, 0.1) is 17.3 Å². The summed E-state index contributed by atoms with van der Waals surface area (Å²) in [6, 6.07) is 18.9. The number of rotatable bonds is 7. The SMILES string of the molecule is O=C(Nc1ccccc1Cl)c1cn(Cc2cccc(F)c2)nc1OCc1cccc(F)c1. The predicted octanol–water partition coefficient (Wildman–Crippen LogP) is 5.69. The summed E-state index contributed by atoms with van der Waals surface area (Å²) < 4.78 is 34.2. The first-order chi connectivity index (χ1) is 15.5. The number of carbonyl (C=O) groups excluding carboxylic acids is 1. The molecule has 0 aliphatic carbocycles. The molecule has 1 aromatic heterocycles. The summed E-state index contributed by atoms with van der Waals surface area (Å²) in [5.41, 5.74) is 1.86. The number of halogens is 3. The van der Waals surface area contributed by atoms with Crippen molar-refractivity contribution in [2.75, 3.05) is 5.32 Å². The highest BCUT2D eigenvalue weighted by atomic mass is 35.5. The molecule has 32 heavy (non-hydrogen) atoms. The molecular formula is C24H18ClF2N3O2. The van der Waals surface area contributed by atoms with Crippen molar-refractivity contribution in [2.45, 2.75) is 13.2 Å². The molecule has 4 aromatic rings. The minimum atomic E-state index is -0.474. The van der Waals surface area contributed by atoms with Crippen LogP contribution in [0.15, 0.2) is 79.0 Å². The maximum Gasteiger partial charge on any atom is 0.262 e. The average Bonchev–Trinajstić information content (AvgIpc) is 3.17. The molecule has 1 amide bonds. The fourth-order valence-electron chi connectivity index (χ4n) is 3.10. The summed E-state index contributed by atoms with van der Waals surface area (Å²) in [6.45, 7) is 0.245. The fraction of sp³-hybridized carbons (Fsp3) is 0.0833. The molecule has 0 fully saturated rings. The van der Waals surface area contributed by atoms with Crippen molar-refractivity contribution in [3.8, 4) is 5.88 Å². The molecule has 0 saturated heterocycles. The van der Waals surface area contributed by atoms with Crippen LogP contribution in [0, 0.1) is 11.6 Å². The Morgan fingerprint density at radius 3 is 2.38 bits per heavy atom. The Morgan fingerprint density at radius 2 is 1.66 bits per heavy atom. The van der Waals surface area contributed by atoms with Gasteiger partial charge in [0.25, 0.3) is 5.91 Å². The molecule has 8 heteroatoms. The van der Waals surface area contributed by atoms with Crippen molar-refractivity contribution in [1.29, 1.82) is 0 Å². The molecule has 5 nitrogen and oxygen atoms in total. The van der Waals surface area contributed by atoms with Crippen molar-refractivity contribution in [3.63, 3.8) is 0 Å². The Kier molecular flexibility index (Phi) is 6.47. The topological polar surface area (TPSA) is 56.2 Å². The van der Waals surface area contributed by atoms with Crippen molar-refractivity contribution in [2.24, 2.45) is 0 Å². The van der Waals surface area contributed by atoms with Crippen LogP contribution in [-0.4, -0.2) is 15.7 Å². The van der Waals surface area contributed by atoms with Gasteiger partial charge in [-0.1, -0.05) is 48.0 Å². The minimum absolute atomic E-state index is 0.0150. The molecule has 1 N–H and O–H groups in total. The second kappa shape index (κ2) is 9.62. The lowest BCUT2D eigenvalue weighted by Gasteiger charge is -2.08. The van der Waals surface area contributed by atoms with Gasteiger partial charge >= 0.3 is 0 Å². The molecular weight excluding hydrogens is 436 g/mol. The van der Waals surface area contributed by atoms with Gasteiger partial charge < -0.3 is 10.1 Å². The van der Waals surface area contributed by atoms with Crippen molar-refractivity contribution in [3.05, 3.63) is 112 Å². The molecule has 0 radical (unpaired) electrons. The molecule has 0 aliphatic heterocycles. The quantitative estimate of drug-likeness (QED) is 0.391. The maximum absolute atomic E-state index is 13.5. The third-order valence-corrected chi connectivity index (χ3v) is 4.92. The highest BCUT2D eigenvalue weighted by molar-refractivity contribution is 6.33. The van der Waals surface area contributed by atoms with Crippen LogP contribution in [0.5, 0.6) is 5.88 Å². The van der Waals surface area contributed by atoms with Gasteiger partial charge in [0.1, 0.15) is 23.8 Å². The first-order valence-electron chi connectivity index (χ1n) is 9.73. The maximum atomic E-state index is 13.5. The Bertz CT molecular complexity index is 1260. The van der Waals surface area contributed by atoms with Crippen LogP contribution in [0.4, 0.5) is 14.5 Å². The molecule has 4 rings (SSSR count). The van der Waals surface area contributed by atoms with Gasteiger partial charge in [0.15, 0.2) is 0 Å². The highest BCUT2D eigenvalue weighted by Crippen LogP contribution is 2.24. The third kappa shape index (κ3) is 5.31. The largest absolute Gasteiger partial charge is 0.471 e. The molecule has 0 aliphatic rings. The second-order valence-electron chi connectivity index (χ2n) is 7.03. The number of hydrogen-bond donors (Lipinski definition) is 1. The number of ether oxygens (including phenoxy) is 1. The summed E-state index contributed by atoms with van der Waals surface area (Å²) in [7, 11) is 0. The standard InChI is InChI=1S/C24H18ClF2N3O2/c25-21-9-1-2-10-22(21)28-23(31)20-14-30(13-16-5-3-7-18(26)11-16)29-24(20)32-15-17-6-4-8-19(27)12-17/h1-12,14H,13,15H2,(H,28,31). The van der Waals surface area contributed by atoms with Crippen molar-refractivity contribution < 1.29 is 18.3 Å². The number of benzene rings is 3. The molecule has 0 atom stereocenters. The molecule has 0 unspecified atom stereocenters. The normalized spacial score (nSPS) is 10.7. The minimum Gasteiger partial charge on any atom is -0.471 e. The Labute approximate surface area is 188 Å². The van der Waals surface area contributed by atoms with E-state index in [0.717, 1.165) is 0 Å². The zero-order chi connectivity index (χ0) is 22.5. The number of carbonyl (C=O) groups is 1. The first-order valence-corrected chi connectivity index (χ1v) is 10.1. The number of nitrogens with zero attached hydrogens (tertiary/aromatic N) is 2. The van der Waals surface area contributed by atoms with Crippen LogP contribution in [-0.2, 0) is 13.2 Å². The van der Waals surface area contributed by atoms with Gasteiger partial charge in [-0.05, 0) is 47.5 Å². The van der Waals surface area contributed by atoms with Crippen molar-refractivity contribution >= 4 is 23.2 Å². The lowest BCUT2D eigenvalue weighted by molar-refractivity contribution is 0.102. The molecule has 3 aromatic carbocycles. The van der Waals surface area contributed by atoms with E-state index in [-0.39, 0.29) is 36.2 Å². The van der Waals surface area contributed by atoms with Crippen LogP contribution < -0.4 is 10.1 Å². The zero-order valence-electron chi connectivity index (χ0n) is 16.8. The van der Waals surface area contributed by atoms with E-state index in [1.165, 1.54) is 35.1 Å². The summed E-state index contributed by atoms with van der Waals surface area (Å²) in [4.78, 5) is 12.9. The summed E-state index contributed by atoms with van der Waals surface area (Å²) in [5, 5.41) is 7.46. The van der Waals surface area contributed by atoms with E-state index in [4.69, 9.17) is 16.3 Å². The van der Waals surface area contributed by atoms with Crippen LogP contribution in [0.3, 0.4) is 0 Å². The molecule has 0 bridgehead atoms. The van der Waals surface area contributed by atoms with E-state index < -0.39 is 5.91 Å². The number of anilines is 1. The number of hydrogen-bond acceptors (Lipinski definition) is 3. The molecule has 0 spiro atoms. The zero-order valence-corrected chi connectivity index (χ0v) is 17.5. The summed E-state index contributed by atoms with van der Waals surface area (Å²) in [6.07, 6.45) is 1.51. The third-order valence-electron chi connectivity index (χ3n) is 4.59. The lowest BCUT2D eigenvalue weighted by atomic mass is 10.2. The summed E-state index contributed by atoms with van der Waals surface area (Å²) >= 11 is 6.14. The fourth-order valence-corrected chi connectivity index (χ4v) is 3.28. The van der Waals surface area contributed by atoms with E-state index in [0.29, 0.717) is 21.8 Å². The second-order valence-corrected chi connectivity index (χ2v) is 7.44. The van der Waals surface area contributed by atoms with Gasteiger partial charge in [-0.15, -0.1) is 5.10 Å². The van der Waals surface area contributed by atoms with Crippen molar-refractivity contribution in [1.82, 2.24) is 9.78 Å². The van der Waals surface area contributed by atoms with Gasteiger partial charge in [-0.25, -0.2) is 8.78 Å². The first kappa shape index (κ1) is 21.5. The van der Waals surface area contributed by atoms with Crippen LogP contribution in [0.1, 0.15) is 21.5 Å². The number of aromatic nitrogens is 2. The van der Waals surface area contributed by atoms with Crippen LogP contribution in [0.25, 0.3) is 0 Å². The van der Waals surface area contributed by atoms with E-state index in [2.05, 4.69) is 10.4 Å². The number of para-hydroxylation sites is 1. The number of nitrogens with one attached hydrogen (secondary N) is 1. The van der Waals surface area contributed by atoms with Crippen LogP contribution in [0.2, 0.25) is 5.02 Å². The van der Waals surface area contributed by atoms with E-state index in [9.17, 15) is 13.6 Å². The smallest absolute Gasteiger partial charge is 0.262 e.